The number of quaternary nitrogens is 1. The van der Waals surface area contributed by atoms with E-state index >= 15 is 0 Å². The van der Waals surface area contributed by atoms with Crippen LogP contribution in [0.5, 0.6) is 5.75 Å². The molecule has 8 nitrogen and oxygen atoms in total. The van der Waals surface area contributed by atoms with Gasteiger partial charge in [-0.2, -0.15) is 0 Å². The van der Waals surface area contributed by atoms with Crippen LogP contribution >= 0.6 is 0 Å². The van der Waals surface area contributed by atoms with E-state index in [1.165, 1.54) is 7.11 Å². The van der Waals surface area contributed by atoms with E-state index in [-0.39, 0.29) is 25.0 Å². The van der Waals surface area contributed by atoms with Crippen LogP contribution in [0.2, 0.25) is 0 Å². The summed E-state index contributed by atoms with van der Waals surface area (Å²) in [4.78, 5) is 36.7. The largest absolute Gasteiger partial charge is 0.495 e. The Hall–Kier alpha value is -2.61. The monoisotopic (exact) mass is 365 g/mol. The molecule has 0 aliphatic heterocycles. The molecule has 0 saturated carbocycles. The number of carbonyl (C=O) groups excluding carboxylic acids is 3. The van der Waals surface area contributed by atoms with Crippen molar-refractivity contribution in [3.8, 4) is 5.75 Å². The van der Waals surface area contributed by atoms with Gasteiger partial charge in [-0.15, -0.1) is 0 Å². The molecule has 1 aromatic carbocycles. The van der Waals surface area contributed by atoms with E-state index in [4.69, 9.17) is 4.74 Å². The Morgan fingerprint density at radius 1 is 1.12 bits per heavy atom. The Labute approximate surface area is 154 Å². The maximum Gasteiger partial charge on any atom is 0.321 e. The molecule has 1 aromatic rings. The summed E-state index contributed by atoms with van der Waals surface area (Å²) in [6.45, 7) is 6.38. The summed E-state index contributed by atoms with van der Waals surface area (Å²) in [7, 11) is 1.53. The van der Waals surface area contributed by atoms with Crippen LogP contribution < -0.4 is 25.6 Å². The van der Waals surface area contributed by atoms with Crippen LogP contribution in [-0.4, -0.2) is 50.6 Å². The first-order valence-electron chi connectivity index (χ1n) is 8.72. The van der Waals surface area contributed by atoms with E-state index in [9.17, 15) is 14.4 Å². The van der Waals surface area contributed by atoms with Crippen molar-refractivity contribution < 1.29 is 24.0 Å². The number of hydrogen-bond acceptors (Lipinski definition) is 4. The van der Waals surface area contributed by atoms with Crippen LogP contribution in [0.1, 0.15) is 27.2 Å². The zero-order valence-corrected chi connectivity index (χ0v) is 15.8. The molecule has 0 aliphatic carbocycles. The second-order valence-corrected chi connectivity index (χ2v) is 6.28. The molecular weight excluding hydrogens is 336 g/mol. The van der Waals surface area contributed by atoms with Crippen LogP contribution in [0.15, 0.2) is 24.3 Å². The molecule has 26 heavy (non-hydrogen) atoms. The quantitative estimate of drug-likeness (QED) is 0.501. The standard InChI is InChI=1S/C18H28N4O4/c1-5-10-22(12-17(24)21-18(25)19-13(2)3)11-16(23)20-14-8-6-7-9-15(14)26-4/h6-9,13H,5,10-12H2,1-4H3,(H,20,23)(H2,19,21,24,25)/p+1. The topological polar surface area (TPSA) is 101 Å². The molecule has 0 radical (unpaired) electrons. The van der Waals surface area contributed by atoms with Gasteiger partial charge in [-0.1, -0.05) is 19.1 Å². The average molecular weight is 365 g/mol. The lowest BCUT2D eigenvalue weighted by Crippen LogP contribution is -3.14. The third-order valence-corrected chi connectivity index (χ3v) is 3.48. The Bertz CT molecular complexity index is 619. The summed E-state index contributed by atoms with van der Waals surface area (Å²) in [6, 6.07) is 6.53. The molecule has 0 saturated heterocycles. The fourth-order valence-corrected chi connectivity index (χ4v) is 2.46. The van der Waals surface area contributed by atoms with E-state index in [0.717, 1.165) is 11.3 Å². The number of para-hydroxylation sites is 2. The van der Waals surface area contributed by atoms with Crippen LogP contribution in [-0.2, 0) is 9.59 Å². The van der Waals surface area contributed by atoms with Crippen molar-refractivity contribution in [2.24, 2.45) is 0 Å². The lowest BCUT2D eigenvalue weighted by molar-refractivity contribution is -0.883. The first-order chi connectivity index (χ1) is 12.3. The molecule has 0 bridgehead atoms. The normalized spacial score (nSPS) is 11.6. The van der Waals surface area contributed by atoms with E-state index in [2.05, 4.69) is 16.0 Å². The highest BCUT2D eigenvalue weighted by atomic mass is 16.5. The van der Waals surface area contributed by atoms with Crippen LogP contribution in [0.3, 0.4) is 0 Å². The number of benzene rings is 1. The van der Waals surface area contributed by atoms with Gasteiger partial charge in [0.05, 0.1) is 19.3 Å². The highest BCUT2D eigenvalue weighted by Gasteiger charge is 2.20. The molecule has 0 heterocycles. The van der Waals surface area contributed by atoms with Gasteiger partial charge in [-0.25, -0.2) is 4.79 Å². The van der Waals surface area contributed by atoms with Crippen molar-refractivity contribution in [2.75, 3.05) is 32.1 Å². The second-order valence-electron chi connectivity index (χ2n) is 6.28. The number of urea groups is 1. The minimum absolute atomic E-state index is 0.0404. The molecule has 1 rings (SSSR count). The molecule has 1 atom stereocenters. The Balaban J connectivity index is 2.59. The first-order valence-corrected chi connectivity index (χ1v) is 8.72. The molecule has 0 fully saturated rings. The number of carbonyl (C=O) groups is 3. The van der Waals surface area contributed by atoms with E-state index < -0.39 is 11.9 Å². The molecule has 0 aromatic heterocycles. The number of amides is 4. The van der Waals surface area contributed by atoms with Crippen LogP contribution in [0, 0.1) is 0 Å². The minimum Gasteiger partial charge on any atom is -0.495 e. The number of ether oxygens (including phenoxy) is 1. The lowest BCUT2D eigenvalue weighted by atomic mass is 10.3. The summed E-state index contributed by atoms with van der Waals surface area (Å²) in [5.41, 5.74) is 0.580. The van der Waals surface area contributed by atoms with Gasteiger partial charge in [0.25, 0.3) is 11.8 Å². The summed E-state index contributed by atoms with van der Waals surface area (Å²) in [6.07, 6.45) is 0.808. The molecule has 0 aliphatic rings. The Kier molecular flexibility index (Phi) is 9.14. The van der Waals surface area contributed by atoms with Gasteiger partial charge >= 0.3 is 6.03 Å². The third kappa shape index (κ3) is 7.98. The fraction of sp³-hybridized carbons (Fsp3) is 0.500. The van der Waals surface area contributed by atoms with Crippen molar-refractivity contribution in [2.45, 2.75) is 33.2 Å². The van der Waals surface area contributed by atoms with Crippen LogP contribution in [0.25, 0.3) is 0 Å². The van der Waals surface area contributed by atoms with E-state index in [1.54, 1.807) is 32.0 Å². The molecule has 0 spiro atoms. The van der Waals surface area contributed by atoms with E-state index in [0.29, 0.717) is 18.0 Å². The zero-order chi connectivity index (χ0) is 19.5. The van der Waals surface area contributed by atoms with Gasteiger partial charge in [-0.05, 0) is 32.4 Å². The summed E-state index contributed by atoms with van der Waals surface area (Å²) >= 11 is 0. The van der Waals surface area contributed by atoms with Crippen molar-refractivity contribution >= 4 is 23.5 Å². The molecular formula is C18H29N4O4+. The Morgan fingerprint density at radius 3 is 2.38 bits per heavy atom. The number of anilines is 1. The number of hydrogen-bond donors (Lipinski definition) is 4. The van der Waals surface area contributed by atoms with Gasteiger partial charge in [0, 0.05) is 6.04 Å². The predicted octanol–water partition coefficient (Wildman–Crippen LogP) is 0.163. The average Bonchev–Trinajstić information content (AvgIpc) is 2.54. The number of rotatable bonds is 9. The summed E-state index contributed by atoms with van der Waals surface area (Å²) in [5.74, 6) is -0.0740. The van der Waals surface area contributed by atoms with Gasteiger partial charge < -0.3 is 20.3 Å². The predicted molar refractivity (Wildman–Crippen MR) is 99.3 cm³/mol. The molecule has 1 unspecified atom stereocenters. The number of nitrogens with one attached hydrogen (secondary N) is 4. The highest BCUT2D eigenvalue weighted by Crippen LogP contribution is 2.22. The van der Waals surface area contributed by atoms with Gasteiger partial charge in [0.15, 0.2) is 13.1 Å². The maximum absolute atomic E-state index is 12.3. The zero-order valence-electron chi connectivity index (χ0n) is 15.8. The van der Waals surface area contributed by atoms with Gasteiger partial charge in [-0.3, -0.25) is 14.9 Å². The molecule has 4 amide bonds. The summed E-state index contributed by atoms with van der Waals surface area (Å²) < 4.78 is 5.21. The molecule has 8 heteroatoms. The smallest absolute Gasteiger partial charge is 0.321 e. The van der Waals surface area contributed by atoms with Crippen molar-refractivity contribution in [1.82, 2.24) is 10.6 Å². The summed E-state index contributed by atoms with van der Waals surface area (Å²) in [5, 5.41) is 7.67. The van der Waals surface area contributed by atoms with E-state index in [1.807, 2.05) is 13.0 Å². The fourth-order valence-electron chi connectivity index (χ4n) is 2.46. The first kappa shape index (κ1) is 21.4. The second kappa shape index (κ2) is 11.1. The number of imide groups is 1. The number of methoxy groups -OCH3 is 1. The SMILES string of the molecule is CCC[NH+](CC(=O)NC(=O)NC(C)C)CC(=O)Nc1ccccc1OC. The highest BCUT2D eigenvalue weighted by molar-refractivity contribution is 5.95. The third-order valence-electron chi connectivity index (χ3n) is 3.48. The lowest BCUT2D eigenvalue weighted by Gasteiger charge is -2.18. The maximum atomic E-state index is 12.3. The molecule has 144 valence electrons. The minimum atomic E-state index is -0.528. The van der Waals surface area contributed by atoms with Crippen molar-refractivity contribution in [3.63, 3.8) is 0 Å². The van der Waals surface area contributed by atoms with Crippen molar-refractivity contribution in [1.29, 1.82) is 0 Å². The molecule has 4 N–H and O–H groups in total. The van der Waals surface area contributed by atoms with Crippen LogP contribution in [0.4, 0.5) is 10.5 Å². The Morgan fingerprint density at radius 2 is 1.77 bits per heavy atom. The van der Waals surface area contributed by atoms with Gasteiger partial charge in [0.2, 0.25) is 0 Å². The van der Waals surface area contributed by atoms with Crippen molar-refractivity contribution in [3.05, 3.63) is 24.3 Å². The van der Waals surface area contributed by atoms with Gasteiger partial charge in [0.1, 0.15) is 5.75 Å².